The van der Waals surface area contributed by atoms with Crippen molar-refractivity contribution in [1.29, 1.82) is 0 Å². The summed E-state index contributed by atoms with van der Waals surface area (Å²) in [5, 5.41) is 0. The Morgan fingerprint density at radius 3 is 2.67 bits per heavy atom. The number of likely N-dealkylation sites (tertiary alicyclic amines) is 1. The number of halogens is 1. The van der Waals surface area contributed by atoms with Crippen LogP contribution in [0, 0.1) is 5.82 Å². The number of rotatable bonds is 5. The molecule has 0 radical (unpaired) electrons. The van der Waals surface area contributed by atoms with Crippen molar-refractivity contribution in [2.24, 2.45) is 0 Å². The lowest BCUT2D eigenvalue weighted by molar-refractivity contribution is 0.215. The molecule has 7 heteroatoms. The van der Waals surface area contributed by atoms with Crippen LogP contribution in [-0.4, -0.2) is 39.0 Å². The summed E-state index contributed by atoms with van der Waals surface area (Å²) in [6.45, 7) is 4.44. The summed E-state index contributed by atoms with van der Waals surface area (Å²) in [6, 6.07) is 3.10. The Morgan fingerprint density at radius 2 is 2.00 bits per heavy atom. The second-order valence-electron chi connectivity index (χ2n) is 5.57. The molecule has 0 aromatic heterocycles. The summed E-state index contributed by atoms with van der Waals surface area (Å²) in [5.74, 6) is -0.617. The predicted molar refractivity (Wildman–Crippen MR) is 80.9 cm³/mol. The standard InChI is InChI=1S/C14H22FN3O2S/c1-11(10-18-7-3-2-4-8-18)17-21(19,20)14-9-12(15)5-6-13(14)16/h5-6,9,11,17H,2-4,7-8,10,16H2,1H3. The molecule has 1 aromatic carbocycles. The van der Waals surface area contributed by atoms with Gasteiger partial charge in [-0.2, -0.15) is 0 Å². The van der Waals surface area contributed by atoms with Crippen LogP contribution in [0.3, 0.4) is 0 Å². The van der Waals surface area contributed by atoms with Crippen molar-refractivity contribution in [3.8, 4) is 0 Å². The van der Waals surface area contributed by atoms with Gasteiger partial charge in [-0.15, -0.1) is 0 Å². The van der Waals surface area contributed by atoms with Gasteiger partial charge in [-0.1, -0.05) is 6.42 Å². The van der Waals surface area contributed by atoms with E-state index in [0.717, 1.165) is 38.1 Å². The number of nitrogens with zero attached hydrogens (tertiary/aromatic N) is 1. The molecule has 1 aliphatic rings. The number of anilines is 1. The number of sulfonamides is 1. The van der Waals surface area contributed by atoms with Crippen molar-refractivity contribution in [3.05, 3.63) is 24.0 Å². The molecule has 1 unspecified atom stereocenters. The number of nitrogens with two attached hydrogens (primary N) is 1. The maximum Gasteiger partial charge on any atom is 0.243 e. The van der Waals surface area contributed by atoms with Crippen molar-refractivity contribution in [3.63, 3.8) is 0 Å². The fourth-order valence-corrected chi connectivity index (χ4v) is 4.01. The molecule has 0 aliphatic carbocycles. The van der Waals surface area contributed by atoms with Gasteiger partial charge in [-0.05, 0) is 51.1 Å². The molecule has 0 amide bonds. The summed E-state index contributed by atoms with van der Waals surface area (Å²) in [5.41, 5.74) is 5.69. The molecule has 0 saturated carbocycles. The number of benzene rings is 1. The van der Waals surface area contributed by atoms with E-state index >= 15 is 0 Å². The van der Waals surface area contributed by atoms with Crippen LogP contribution in [-0.2, 0) is 10.0 Å². The largest absolute Gasteiger partial charge is 0.398 e. The lowest BCUT2D eigenvalue weighted by atomic mass is 10.1. The number of nitrogens with one attached hydrogen (secondary N) is 1. The molecule has 21 heavy (non-hydrogen) atoms. The maximum atomic E-state index is 13.2. The van der Waals surface area contributed by atoms with Crippen LogP contribution in [0.2, 0.25) is 0 Å². The minimum Gasteiger partial charge on any atom is -0.398 e. The first-order chi connectivity index (χ1) is 9.88. The average molecular weight is 315 g/mol. The van der Waals surface area contributed by atoms with Gasteiger partial charge in [0.25, 0.3) is 0 Å². The van der Waals surface area contributed by atoms with Crippen LogP contribution in [0.25, 0.3) is 0 Å². The molecular formula is C14H22FN3O2S. The van der Waals surface area contributed by atoms with Crippen molar-refractivity contribution in [1.82, 2.24) is 9.62 Å². The number of hydrogen-bond donors (Lipinski definition) is 2. The van der Waals surface area contributed by atoms with Gasteiger partial charge in [0.05, 0.1) is 5.69 Å². The summed E-state index contributed by atoms with van der Waals surface area (Å²) >= 11 is 0. The molecular weight excluding hydrogens is 293 g/mol. The molecule has 0 bridgehead atoms. The van der Waals surface area contributed by atoms with E-state index in [1.54, 1.807) is 0 Å². The highest BCUT2D eigenvalue weighted by atomic mass is 32.2. The van der Waals surface area contributed by atoms with E-state index in [0.29, 0.717) is 6.54 Å². The van der Waals surface area contributed by atoms with Crippen LogP contribution >= 0.6 is 0 Å². The van der Waals surface area contributed by atoms with Gasteiger partial charge in [0.1, 0.15) is 10.7 Å². The van der Waals surface area contributed by atoms with Gasteiger partial charge >= 0.3 is 0 Å². The normalized spacial score (nSPS) is 18.6. The molecule has 1 atom stereocenters. The first kappa shape index (κ1) is 16.2. The maximum absolute atomic E-state index is 13.2. The van der Waals surface area contributed by atoms with Crippen LogP contribution in [0.15, 0.2) is 23.1 Å². The van der Waals surface area contributed by atoms with Crippen LogP contribution in [0.4, 0.5) is 10.1 Å². The summed E-state index contributed by atoms with van der Waals surface area (Å²) in [4.78, 5) is 2.04. The molecule has 2 rings (SSSR count). The SMILES string of the molecule is CC(CN1CCCCC1)NS(=O)(=O)c1cc(F)ccc1N. The highest BCUT2D eigenvalue weighted by Gasteiger charge is 2.22. The van der Waals surface area contributed by atoms with Gasteiger partial charge in [-0.25, -0.2) is 17.5 Å². The van der Waals surface area contributed by atoms with E-state index in [2.05, 4.69) is 9.62 Å². The molecule has 0 spiro atoms. The zero-order chi connectivity index (χ0) is 15.5. The fraction of sp³-hybridized carbons (Fsp3) is 0.571. The molecule has 1 saturated heterocycles. The second-order valence-corrected chi connectivity index (χ2v) is 7.25. The van der Waals surface area contributed by atoms with Crippen LogP contribution in [0.1, 0.15) is 26.2 Å². The zero-order valence-corrected chi connectivity index (χ0v) is 13.0. The smallest absolute Gasteiger partial charge is 0.243 e. The second kappa shape index (κ2) is 6.72. The van der Waals surface area contributed by atoms with Gasteiger partial charge in [0.2, 0.25) is 10.0 Å². The predicted octanol–water partition coefficient (Wildman–Crippen LogP) is 1.56. The van der Waals surface area contributed by atoms with E-state index < -0.39 is 15.8 Å². The van der Waals surface area contributed by atoms with Gasteiger partial charge in [-0.3, -0.25) is 0 Å². The Morgan fingerprint density at radius 1 is 1.33 bits per heavy atom. The minimum atomic E-state index is -3.81. The third-order valence-corrected chi connectivity index (χ3v) is 5.25. The van der Waals surface area contributed by atoms with Crippen LogP contribution < -0.4 is 10.5 Å². The minimum absolute atomic E-state index is 0.0501. The van der Waals surface area contributed by atoms with E-state index in [1.807, 2.05) is 6.92 Å². The average Bonchev–Trinajstić information content (AvgIpc) is 2.41. The first-order valence-corrected chi connectivity index (χ1v) is 8.66. The van der Waals surface area contributed by atoms with E-state index in [4.69, 9.17) is 5.73 Å². The topological polar surface area (TPSA) is 75.4 Å². The third kappa shape index (κ3) is 4.39. The van der Waals surface area contributed by atoms with Gasteiger partial charge < -0.3 is 10.6 Å². The highest BCUT2D eigenvalue weighted by molar-refractivity contribution is 7.89. The third-order valence-electron chi connectivity index (χ3n) is 3.60. The highest BCUT2D eigenvalue weighted by Crippen LogP contribution is 2.19. The van der Waals surface area contributed by atoms with Crippen LogP contribution in [0.5, 0.6) is 0 Å². The van der Waals surface area contributed by atoms with Gasteiger partial charge in [0.15, 0.2) is 0 Å². The zero-order valence-electron chi connectivity index (χ0n) is 12.2. The Hall–Kier alpha value is -1.18. The van der Waals surface area contributed by atoms with E-state index in [1.165, 1.54) is 12.5 Å². The molecule has 1 heterocycles. The molecule has 1 aromatic rings. The quantitative estimate of drug-likeness (QED) is 0.809. The lowest BCUT2D eigenvalue weighted by Gasteiger charge is -2.29. The monoisotopic (exact) mass is 315 g/mol. The molecule has 5 nitrogen and oxygen atoms in total. The fourth-order valence-electron chi connectivity index (χ4n) is 2.64. The van der Waals surface area contributed by atoms with Crippen molar-refractivity contribution < 1.29 is 12.8 Å². The Labute approximate surface area is 125 Å². The molecule has 118 valence electrons. The number of piperidine rings is 1. The van der Waals surface area contributed by atoms with E-state index in [9.17, 15) is 12.8 Å². The van der Waals surface area contributed by atoms with Gasteiger partial charge in [0, 0.05) is 12.6 Å². The van der Waals surface area contributed by atoms with Crippen molar-refractivity contribution >= 4 is 15.7 Å². The first-order valence-electron chi connectivity index (χ1n) is 7.18. The summed E-state index contributed by atoms with van der Waals surface area (Å²) in [6.07, 6.45) is 3.53. The molecule has 3 N–H and O–H groups in total. The number of nitrogen functional groups attached to an aromatic ring is 1. The Kier molecular flexibility index (Phi) is 5.18. The van der Waals surface area contributed by atoms with Crippen molar-refractivity contribution in [2.45, 2.75) is 37.1 Å². The lowest BCUT2D eigenvalue weighted by Crippen LogP contribution is -2.43. The summed E-state index contributed by atoms with van der Waals surface area (Å²) < 4.78 is 40.4. The Bertz CT molecular complexity index is 586. The van der Waals surface area contributed by atoms with E-state index in [-0.39, 0.29) is 16.6 Å². The summed E-state index contributed by atoms with van der Waals surface area (Å²) in [7, 11) is -3.81. The molecule has 1 fully saturated rings. The molecule has 1 aliphatic heterocycles. The van der Waals surface area contributed by atoms with Crippen molar-refractivity contribution in [2.75, 3.05) is 25.4 Å². The Balaban J connectivity index is 2.04. The number of hydrogen-bond acceptors (Lipinski definition) is 4.